The summed E-state index contributed by atoms with van der Waals surface area (Å²) in [6, 6.07) is 4.52. The second-order valence-electron chi connectivity index (χ2n) is 4.02. The largest absolute Gasteiger partial charge is 0.496 e. The molecule has 2 rings (SSSR count). The van der Waals surface area contributed by atoms with Gasteiger partial charge in [0, 0.05) is 6.04 Å². The zero-order valence-electron chi connectivity index (χ0n) is 8.84. The van der Waals surface area contributed by atoms with Crippen molar-refractivity contribution < 1.29 is 4.74 Å². The van der Waals surface area contributed by atoms with Crippen LogP contribution in [0.15, 0.2) is 12.1 Å². The molecule has 1 aromatic rings. The smallest absolute Gasteiger partial charge is 0.122 e. The SMILES string of the molecule is COc1cc2c(cc1C)CCC[C@H]2N. The van der Waals surface area contributed by atoms with Gasteiger partial charge in [0.1, 0.15) is 5.75 Å². The van der Waals surface area contributed by atoms with Crippen LogP contribution in [-0.4, -0.2) is 7.11 Å². The Balaban J connectivity index is 2.49. The van der Waals surface area contributed by atoms with Crippen LogP contribution in [-0.2, 0) is 6.42 Å². The molecule has 2 heteroatoms. The van der Waals surface area contributed by atoms with Crippen molar-refractivity contribution in [1.29, 1.82) is 0 Å². The Bertz CT molecular complexity index is 346. The van der Waals surface area contributed by atoms with Gasteiger partial charge in [0.05, 0.1) is 7.11 Å². The molecule has 0 aliphatic heterocycles. The molecule has 1 atom stereocenters. The number of rotatable bonds is 1. The molecule has 0 spiro atoms. The third-order valence-corrected chi connectivity index (χ3v) is 3.02. The number of ether oxygens (including phenoxy) is 1. The highest BCUT2D eigenvalue weighted by Crippen LogP contribution is 2.32. The predicted octanol–water partition coefficient (Wildman–Crippen LogP) is 2.34. The van der Waals surface area contributed by atoms with E-state index in [1.54, 1.807) is 7.11 Å². The lowest BCUT2D eigenvalue weighted by Crippen LogP contribution is -2.17. The minimum atomic E-state index is 0.202. The first kappa shape index (κ1) is 9.53. The highest BCUT2D eigenvalue weighted by molar-refractivity contribution is 5.44. The molecule has 76 valence electrons. The quantitative estimate of drug-likeness (QED) is 0.739. The second kappa shape index (κ2) is 3.62. The Labute approximate surface area is 85.1 Å². The first-order chi connectivity index (χ1) is 6.72. The van der Waals surface area contributed by atoms with Gasteiger partial charge in [-0.05, 0) is 48.9 Å². The lowest BCUT2D eigenvalue weighted by atomic mass is 9.87. The monoisotopic (exact) mass is 191 g/mol. The minimum Gasteiger partial charge on any atom is -0.496 e. The van der Waals surface area contributed by atoms with Crippen molar-refractivity contribution in [2.45, 2.75) is 32.2 Å². The molecule has 0 saturated heterocycles. The van der Waals surface area contributed by atoms with E-state index in [0.717, 1.165) is 18.6 Å². The zero-order valence-corrected chi connectivity index (χ0v) is 8.84. The number of aryl methyl sites for hydroxylation is 2. The summed E-state index contributed by atoms with van der Waals surface area (Å²) in [6.45, 7) is 2.08. The van der Waals surface area contributed by atoms with Crippen molar-refractivity contribution in [2.75, 3.05) is 7.11 Å². The lowest BCUT2D eigenvalue weighted by Gasteiger charge is -2.23. The van der Waals surface area contributed by atoms with Gasteiger partial charge < -0.3 is 10.5 Å². The molecule has 0 aromatic heterocycles. The molecule has 0 saturated carbocycles. The summed E-state index contributed by atoms with van der Waals surface area (Å²) < 4.78 is 5.30. The summed E-state index contributed by atoms with van der Waals surface area (Å²) in [5, 5.41) is 0. The first-order valence-electron chi connectivity index (χ1n) is 5.15. The number of methoxy groups -OCH3 is 1. The standard InChI is InChI=1S/C12H17NO/c1-8-6-9-4-3-5-11(13)10(9)7-12(8)14-2/h6-7,11H,3-5,13H2,1-2H3/t11-/m1/s1. The molecule has 0 radical (unpaired) electrons. The third-order valence-electron chi connectivity index (χ3n) is 3.02. The number of benzene rings is 1. The zero-order chi connectivity index (χ0) is 10.1. The molecule has 2 N–H and O–H groups in total. The fourth-order valence-corrected chi connectivity index (χ4v) is 2.21. The van der Waals surface area contributed by atoms with Crippen LogP contribution < -0.4 is 10.5 Å². The molecule has 0 heterocycles. The summed E-state index contributed by atoms with van der Waals surface area (Å²) >= 11 is 0. The molecule has 0 bridgehead atoms. The highest BCUT2D eigenvalue weighted by Gasteiger charge is 2.18. The molecule has 0 unspecified atom stereocenters. The highest BCUT2D eigenvalue weighted by atomic mass is 16.5. The molecule has 0 fully saturated rings. The maximum absolute atomic E-state index is 6.06. The Hall–Kier alpha value is -1.02. The van der Waals surface area contributed by atoms with Gasteiger partial charge >= 0.3 is 0 Å². The molecule has 1 aliphatic carbocycles. The fraction of sp³-hybridized carbons (Fsp3) is 0.500. The van der Waals surface area contributed by atoms with E-state index in [0.29, 0.717) is 0 Å². The van der Waals surface area contributed by atoms with Crippen molar-refractivity contribution in [1.82, 2.24) is 0 Å². The van der Waals surface area contributed by atoms with Crippen LogP contribution in [0.2, 0.25) is 0 Å². The van der Waals surface area contributed by atoms with Crippen molar-refractivity contribution in [3.8, 4) is 5.75 Å². The average molecular weight is 191 g/mol. The summed E-state index contributed by atoms with van der Waals surface area (Å²) in [6.07, 6.45) is 3.47. The van der Waals surface area contributed by atoms with Gasteiger partial charge in [-0.1, -0.05) is 6.07 Å². The van der Waals surface area contributed by atoms with E-state index in [1.165, 1.54) is 23.1 Å². The minimum absolute atomic E-state index is 0.202. The van der Waals surface area contributed by atoms with E-state index >= 15 is 0 Å². The average Bonchev–Trinajstić information content (AvgIpc) is 2.17. The Kier molecular flexibility index (Phi) is 2.46. The van der Waals surface area contributed by atoms with E-state index in [9.17, 15) is 0 Å². The van der Waals surface area contributed by atoms with Crippen LogP contribution in [0.4, 0.5) is 0 Å². The Morgan fingerprint density at radius 1 is 1.43 bits per heavy atom. The van der Waals surface area contributed by atoms with Gasteiger partial charge in [-0.25, -0.2) is 0 Å². The summed E-state index contributed by atoms with van der Waals surface area (Å²) in [5.74, 6) is 0.959. The summed E-state index contributed by atoms with van der Waals surface area (Å²) in [5.41, 5.74) is 9.95. The molecule has 14 heavy (non-hydrogen) atoms. The molecule has 1 aromatic carbocycles. The van der Waals surface area contributed by atoms with Crippen LogP contribution in [0.25, 0.3) is 0 Å². The van der Waals surface area contributed by atoms with Gasteiger partial charge in [-0.15, -0.1) is 0 Å². The Morgan fingerprint density at radius 2 is 2.21 bits per heavy atom. The van der Waals surface area contributed by atoms with E-state index in [-0.39, 0.29) is 6.04 Å². The predicted molar refractivity (Wildman–Crippen MR) is 57.6 cm³/mol. The lowest BCUT2D eigenvalue weighted by molar-refractivity contribution is 0.409. The van der Waals surface area contributed by atoms with E-state index < -0.39 is 0 Å². The van der Waals surface area contributed by atoms with E-state index in [1.807, 2.05) is 0 Å². The maximum atomic E-state index is 6.06. The van der Waals surface area contributed by atoms with Crippen LogP contribution >= 0.6 is 0 Å². The third kappa shape index (κ3) is 1.50. The summed E-state index contributed by atoms with van der Waals surface area (Å²) in [4.78, 5) is 0. The molecule has 1 aliphatic rings. The van der Waals surface area contributed by atoms with Crippen LogP contribution in [0.5, 0.6) is 5.75 Å². The topological polar surface area (TPSA) is 35.2 Å². The van der Waals surface area contributed by atoms with E-state index in [4.69, 9.17) is 10.5 Å². The van der Waals surface area contributed by atoms with Crippen molar-refractivity contribution >= 4 is 0 Å². The Morgan fingerprint density at radius 3 is 2.93 bits per heavy atom. The molecular weight excluding hydrogens is 174 g/mol. The number of fused-ring (bicyclic) bond motifs is 1. The van der Waals surface area contributed by atoms with Gasteiger partial charge in [0.15, 0.2) is 0 Å². The van der Waals surface area contributed by atoms with Gasteiger partial charge in [-0.2, -0.15) is 0 Å². The van der Waals surface area contributed by atoms with Crippen LogP contribution in [0.3, 0.4) is 0 Å². The van der Waals surface area contributed by atoms with Gasteiger partial charge in [0.2, 0.25) is 0 Å². The summed E-state index contributed by atoms with van der Waals surface area (Å²) in [7, 11) is 1.71. The van der Waals surface area contributed by atoms with Gasteiger partial charge in [-0.3, -0.25) is 0 Å². The van der Waals surface area contributed by atoms with Crippen molar-refractivity contribution in [2.24, 2.45) is 5.73 Å². The van der Waals surface area contributed by atoms with Crippen LogP contribution in [0, 0.1) is 6.92 Å². The van der Waals surface area contributed by atoms with Crippen molar-refractivity contribution in [3.05, 3.63) is 28.8 Å². The number of nitrogens with two attached hydrogens (primary N) is 1. The van der Waals surface area contributed by atoms with Crippen LogP contribution in [0.1, 0.15) is 35.6 Å². The van der Waals surface area contributed by atoms with Crippen molar-refractivity contribution in [3.63, 3.8) is 0 Å². The molecule has 0 amide bonds. The normalized spacial score (nSPS) is 20.4. The number of hydrogen-bond donors (Lipinski definition) is 1. The van der Waals surface area contributed by atoms with Gasteiger partial charge in [0.25, 0.3) is 0 Å². The van der Waals surface area contributed by atoms with E-state index in [2.05, 4.69) is 19.1 Å². The fourth-order valence-electron chi connectivity index (χ4n) is 2.21. The molecular formula is C12H17NO. The maximum Gasteiger partial charge on any atom is 0.122 e. The second-order valence-corrected chi connectivity index (χ2v) is 4.02. The molecule has 2 nitrogen and oxygen atoms in total. The number of hydrogen-bond acceptors (Lipinski definition) is 2. The first-order valence-corrected chi connectivity index (χ1v) is 5.15.